The summed E-state index contributed by atoms with van der Waals surface area (Å²) in [6.07, 6.45) is 6.31. The maximum atomic E-state index is 10.5. The molecule has 0 saturated heterocycles. The van der Waals surface area contributed by atoms with Crippen molar-refractivity contribution in [2.75, 3.05) is 5.73 Å². The zero-order valence-electron chi connectivity index (χ0n) is 10.8. The molecule has 7 nitrogen and oxygen atoms in total. The lowest BCUT2D eigenvalue weighted by atomic mass is 9.91. The van der Waals surface area contributed by atoms with Crippen molar-refractivity contribution in [2.45, 2.75) is 37.8 Å². The molecule has 2 aromatic rings. The number of nitrogens with one attached hydrogen (secondary N) is 1. The molecule has 0 atom stereocenters. The molecule has 1 aliphatic carbocycles. The van der Waals surface area contributed by atoms with Crippen LogP contribution in [0, 0.1) is 0 Å². The first-order valence-electron chi connectivity index (χ1n) is 6.54. The Morgan fingerprint density at radius 3 is 2.80 bits per heavy atom. The number of amides is 1. The Labute approximate surface area is 120 Å². The van der Waals surface area contributed by atoms with E-state index < -0.39 is 0 Å². The minimum absolute atomic E-state index is 0.132. The normalized spacial score (nSPS) is 22.9. The Morgan fingerprint density at radius 1 is 1.35 bits per heavy atom. The number of hydrogen-bond acceptors (Lipinski definition) is 5. The van der Waals surface area contributed by atoms with Gasteiger partial charge in [-0.15, -0.1) is 0 Å². The molecule has 8 heteroatoms. The second-order valence-corrected chi connectivity index (χ2v) is 5.33. The van der Waals surface area contributed by atoms with Crippen molar-refractivity contribution in [1.82, 2.24) is 24.8 Å². The van der Waals surface area contributed by atoms with Crippen LogP contribution in [0.1, 0.15) is 31.7 Å². The maximum Gasteiger partial charge on any atom is 0.226 e. The molecule has 2 aromatic heterocycles. The Kier molecular flexibility index (Phi) is 3.43. The molecular formula is C12H15ClN6O. The van der Waals surface area contributed by atoms with Crippen LogP contribution in [0.5, 0.6) is 0 Å². The van der Waals surface area contributed by atoms with Gasteiger partial charge in [0.15, 0.2) is 11.5 Å². The van der Waals surface area contributed by atoms with E-state index in [0.29, 0.717) is 23.0 Å². The molecule has 0 bridgehead atoms. The van der Waals surface area contributed by atoms with E-state index in [-0.39, 0.29) is 11.3 Å². The zero-order chi connectivity index (χ0) is 14.1. The highest BCUT2D eigenvalue weighted by molar-refractivity contribution is 6.28. The highest BCUT2D eigenvalue weighted by Crippen LogP contribution is 2.31. The van der Waals surface area contributed by atoms with Crippen LogP contribution in [0.3, 0.4) is 0 Å². The summed E-state index contributed by atoms with van der Waals surface area (Å²) in [7, 11) is 0. The van der Waals surface area contributed by atoms with Crippen LogP contribution in [0.4, 0.5) is 5.82 Å². The lowest BCUT2D eigenvalue weighted by molar-refractivity contribution is -0.110. The van der Waals surface area contributed by atoms with E-state index in [0.717, 1.165) is 32.1 Å². The predicted octanol–water partition coefficient (Wildman–Crippen LogP) is 1.29. The van der Waals surface area contributed by atoms with Crippen LogP contribution in [0.25, 0.3) is 11.2 Å². The van der Waals surface area contributed by atoms with Crippen molar-refractivity contribution in [3.8, 4) is 0 Å². The van der Waals surface area contributed by atoms with Crippen LogP contribution in [0.15, 0.2) is 6.33 Å². The number of rotatable bonds is 3. The average molecular weight is 295 g/mol. The molecule has 1 aliphatic rings. The molecule has 20 heavy (non-hydrogen) atoms. The number of hydrogen-bond donors (Lipinski definition) is 2. The molecule has 3 rings (SSSR count). The smallest absolute Gasteiger partial charge is 0.226 e. The third kappa shape index (κ3) is 2.29. The first-order chi connectivity index (χ1) is 9.69. The lowest BCUT2D eigenvalue weighted by Crippen LogP contribution is -2.32. The molecule has 2 heterocycles. The van der Waals surface area contributed by atoms with Gasteiger partial charge >= 0.3 is 0 Å². The maximum absolute atomic E-state index is 10.5. The van der Waals surface area contributed by atoms with Gasteiger partial charge in [-0.3, -0.25) is 4.79 Å². The fourth-order valence-corrected chi connectivity index (χ4v) is 2.97. The molecule has 106 valence electrons. The largest absolute Gasteiger partial charge is 0.382 e. The molecule has 0 aliphatic heterocycles. The van der Waals surface area contributed by atoms with Crippen molar-refractivity contribution in [1.29, 1.82) is 0 Å². The van der Waals surface area contributed by atoms with Gasteiger partial charge in [-0.2, -0.15) is 9.97 Å². The number of anilines is 1. The number of nitrogens with two attached hydrogens (primary N) is 1. The molecule has 1 saturated carbocycles. The van der Waals surface area contributed by atoms with Gasteiger partial charge in [-0.05, 0) is 37.3 Å². The van der Waals surface area contributed by atoms with Crippen molar-refractivity contribution in [3.05, 3.63) is 11.6 Å². The predicted molar refractivity (Wildman–Crippen MR) is 75.2 cm³/mol. The number of carbonyl (C=O) groups excluding carboxylic acids is 1. The van der Waals surface area contributed by atoms with E-state index in [4.69, 9.17) is 17.3 Å². The number of imidazole rings is 1. The van der Waals surface area contributed by atoms with Gasteiger partial charge in [0.05, 0.1) is 6.33 Å². The molecule has 3 N–H and O–H groups in total. The fourth-order valence-electron chi connectivity index (χ4n) is 2.79. The lowest BCUT2D eigenvalue weighted by Gasteiger charge is -2.28. The van der Waals surface area contributed by atoms with E-state index in [1.165, 1.54) is 0 Å². The second-order valence-electron chi connectivity index (χ2n) is 4.99. The molecule has 1 fully saturated rings. The number of fused-ring (bicyclic) bond motifs is 1. The third-order valence-electron chi connectivity index (χ3n) is 3.81. The molecule has 0 unspecified atom stereocenters. The first-order valence-corrected chi connectivity index (χ1v) is 6.92. The second kappa shape index (κ2) is 5.24. The summed E-state index contributed by atoms with van der Waals surface area (Å²) in [5.74, 6) is 0.301. The highest BCUT2D eigenvalue weighted by atomic mass is 35.5. The van der Waals surface area contributed by atoms with Crippen molar-refractivity contribution >= 4 is 35.0 Å². The van der Waals surface area contributed by atoms with E-state index in [1.54, 1.807) is 6.33 Å². The van der Waals surface area contributed by atoms with Crippen molar-refractivity contribution in [2.24, 2.45) is 0 Å². The Balaban J connectivity index is 1.86. The van der Waals surface area contributed by atoms with Gasteiger partial charge in [0, 0.05) is 12.1 Å². The van der Waals surface area contributed by atoms with E-state index in [1.807, 2.05) is 4.57 Å². The van der Waals surface area contributed by atoms with Gasteiger partial charge in [0.1, 0.15) is 5.52 Å². The third-order valence-corrected chi connectivity index (χ3v) is 3.98. The number of halogens is 1. The van der Waals surface area contributed by atoms with Gasteiger partial charge in [0.2, 0.25) is 11.7 Å². The molecule has 0 spiro atoms. The van der Waals surface area contributed by atoms with Gasteiger partial charge in [0.25, 0.3) is 0 Å². The van der Waals surface area contributed by atoms with Gasteiger partial charge in [-0.1, -0.05) is 0 Å². The van der Waals surface area contributed by atoms with E-state index in [9.17, 15) is 4.79 Å². The fraction of sp³-hybridized carbons (Fsp3) is 0.500. The molecule has 0 radical (unpaired) electrons. The van der Waals surface area contributed by atoms with Crippen LogP contribution >= 0.6 is 11.6 Å². The zero-order valence-corrected chi connectivity index (χ0v) is 11.5. The van der Waals surface area contributed by atoms with Crippen LogP contribution in [-0.4, -0.2) is 32.0 Å². The van der Waals surface area contributed by atoms with Crippen molar-refractivity contribution in [3.63, 3.8) is 0 Å². The van der Waals surface area contributed by atoms with Crippen LogP contribution in [0.2, 0.25) is 5.28 Å². The quantitative estimate of drug-likeness (QED) is 0.656. The van der Waals surface area contributed by atoms with E-state index >= 15 is 0 Å². The molecule has 0 aromatic carbocycles. The summed E-state index contributed by atoms with van der Waals surface area (Å²) in [5, 5.41) is 2.97. The number of aromatic nitrogens is 4. The Morgan fingerprint density at radius 2 is 2.10 bits per heavy atom. The Bertz CT molecular complexity index is 634. The average Bonchev–Trinajstić information content (AvgIpc) is 2.84. The minimum atomic E-state index is 0.132. The Hall–Kier alpha value is -1.89. The number of nitrogens with zero attached hydrogens (tertiary/aromatic N) is 4. The van der Waals surface area contributed by atoms with Crippen molar-refractivity contribution < 1.29 is 4.79 Å². The standard InChI is InChI=1S/C12H15ClN6O/c13-12-17-10(14)9-11(18-12)19(5-15-9)8-3-1-7(2-4-8)16-6-20/h5-8H,1-4H2,(H,16,20)(H2,14,17,18). The van der Waals surface area contributed by atoms with E-state index in [2.05, 4.69) is 20.3 Å². The first kappa shape index (κ1) is 13.1. The highest BCUT2D eigenvalue weighted by Gasteiger charge is 2.24. The summed E-state index contributed by atoms with van der Waals surface area (Å²) in [6, 6.07) is 0.567. The SMILES string of the molecule is Nc1nc(Cl)nc2c1ncn2C1CCC(NC=O)CC1. The summed E-state index contributed by atoms with van der Waals surface area (Å²) < 4.78 is 2.01. The molecule has 1 amide bonds. The van der Waals surface area contributed by atoms with Crippen LogP contribution < -0.4 is 11.1 Å². The topological polar surface area (TPSA) is 98.7 Å². The minimum Gasteiger partial charge on any atom is -0.382 e. The van der Waals surface area contributed by atoms with Gasteiger partial charge < -0.3 is 15.6 Å². The number of carbonyl (C=O) groups is 1. The molecular weight excluding hydrogens is 280 g/mol. The summed E-state index contributed by atoms with van der Waals surface area (Å²) in [5.41, 5.74) is 7.06. The summed E-state index contributed by atoms with van der Waals surface area (Å²) >= 11 is 5.86. The monoisotopic (exact) mass is 294 g/mol. The summed E-state index contributed by atoms with van der Waals surface area (Å²) in [6.45, 7) is 0. The number of nitrogen functional groups attached to an aromatic ring is 1. The summed E-state index contributed by atoms with van der Waals surface area (Å²) in [4.78, 5) is 22.9. The van der Waals surface area contributed by atoms with Crippen LogP contribution in [-0.2, 0) is 4.79 Å². The van der Waals surface area contributed by atoms with Gasteiger partial charge in [-0.25, -0.2) is 4.98 Å².